The molecule has 0 radical (unpaired) electrons. The number of aliphatic carboxylic acids is 1. The van der Waals surface area contributed by atoms with Crippen molar-refractivity contribution < 1.29 is 19.6 Å². The quantitative estimate of drug-likeness (QED) is 0.625. The molecule has 1 aromatic rings. The van der Waals surface area contributed by atoms with Gasteiger partial charge in [0.2, 0.25) is 0 Å². The van der Waals surface area contributed by atoms with E-state index < -0.39 is 10.9 Å². The highest BCUT2D eigenvalue weighted by atomic mass is 16.6. The Hall–Kier alpha value is -2.37. The summed E-state index contributed by atoms with van der Waals surface area (Å²) in [4.78, 5) is 20.6. The number of carbonyl (C=O) groups is 1. The number of nitro groups is 1. The highest BCUT2D eigenvalue weighted by molar-refractivity contribution is 5.73. The molecule has 0 saturated heterocycles. The van der Waals surface area contributed by atoms with Gasteiger partial charge in [0.25, 0.3) is 5.69 Å². The zero-order valence-electron chi connectivity index (χ0n) is 9.12. The van der Waals surface area contributed by atoms with Crippen LogP contribution < -0.4 is 4.74 Å². The van der Waals surface area contributed by atoms with Gasteiger partial charge in [-0.15, -0.1) is 0 Å². The lowest BCUT2D eigenvalue weighted by atomic mass is 10.1. The number of ether oxygens (including phenoxy) is 1. The monoisotopic (exact) mass is 237 g/mol. The zero-order chi connectivity index (χ0) is 12.8. The molecule has 0 unspecified atom stereocenters. The molecule has 0 amide bonds. The molecule has 1 N–H and O–H groups in total. The molecular formula is C11H11NO5. The molecular weight excluding hydrogens is 226 g/mol. The van der Waals surface area contributed by atoms with Gasteiger partial charge in [-0.05, 0) is 12.1 Å². The average molecular weight is 237 g/mol. The van der Waals surface area contributed by atoms with Crippen LogP contribution in [0.15, 0.2) is 24.3 Å². The van der Waals surface area contributed by atoms with Crippen LogP contribution in [0.1, 0.15) is 12.0 Å². The predicted octanol–water partition coefficient (Wildman–Crippen LogP) is 2.09. The second kappa shape index (κ2) is 5.64. The van der Waals surface area contributed by atoms with Crippen molar-refractivity contribution in [3.63, 3.8) is 0 Å². The summed E-state index contributed by atoms with van der Waals surface area (Å²) >= 11 is 0. The Kier molecular flexibility index (Phi) is 4.21. The summed E-state index contributed by atoms with van der Waals surface area (Å²) in [6.45, 7) is 0. The second-order valence-electron chi connectivity index (χ2n) is 3.15. The van der Waals surface area contributed by atoms with Crippen LogP contribution in [0.4, 0.5) is 5.69 Å². The molecule has 0 aliphatic carbocycles. The summed E-state index contributed by atoms with van der Waals surface area (Å²) in [5, 5.41) is 19.3. The van der Waals surface area contributed by atoms with E-state index in [4.69, 9.17) is 9.84 Å². The van der Waals surface area contributed by atoms with Crippen LogP contribution in [0.25, 0.3) is 6.08 Å². The Morgan fingerprint density at radius 3 is 2.82 bits per heavy atom. The van der Waals surface area contributed by atoms with Crippen LogP contribution >= 0.6 is 0 Å². The van der Waals surface area contributed by atoms with Gasteiger partial charge < -0.3 is 9.84 Å². The number of carboxylic acids is 1. The lowest BCUT2D eigenvalue weighted by molar-refractivity contribution is -0.385. The van der Waals surface area contributed by atoms with Crippen molar-refractivity contribution in [3.05, 3.63) is 40.0 Å². The summed E-state index contributed by atoms with van der Waals surface area (Å²) in [6, 6.07) is 4.42. The molecule has 0 aliphatic rings. The van der Waals surface area contributed by atoms with E-state index in [0.717, 1.165) is 0 Å². The number of hydrogen-bond acceptors (Lipinski definition) is 4. The summed E-state index contributed by atoms with van der Waals surface area (Å²) in [6.07, 6.45) is 2.52. The number of nitrogens with zero attached hydrogens (tertiary/aromatic N) is 1. The van der Waals surface area contributed by atoms with E-state index in [0.29, 0.717) is 5.75 Å². The minimum atomic E-state index is -1.00. The summed E-state index contributed by atoms with van der Waals surface area (Å²) in [5.41, 5.74) is 0.146. The highest BCUT2D eigenvalue weighted by Crippen LogP contribution is 2.29. The van der Waals surface area contributed by atoms with E-state index in [1.807, 2.05) is 0 Å². The summed E-state index contributed by atoms with van der Waals surface area (Å²) < 4.78 is 4.99. The maximum atomic E-state index is 10.8. The molecule has 0 saturated carbocycles. The van der Waals surface area contributed by atoms with Crippen molar-refractivity contribution in [2.45, 2.75) is 6.42 Å². The fraction of sp³-hybridized carbons (Fsp3) is 0.182. The Morgan fingerprint density at radius 1 is 1.59 bits per heavy atom. The van der Waals surface area contributed by atoms with Crippen molar-refractivity contribution in [1.29, 1.82) is 0 Å². The fourth-order valence-electron chi connectivity index (χ4n) is 1.31. The lowest BCUT2D eigenvalue weighted by Gasteiger charge is -2.04. The third kappa shape index (κ3) is 3.30. The van der Waals surface area contributed by atoms with Crippen LogP contribution in [0.3, 0.4) is 0 Å². The van der Waals surface area contributed by atoms with Crippen LogP contribution in [-0.4, -0.2) is 23.1 Å². The highest BCUT2D eigenvalue weighted by Gasteiger charge is 2.15. The Bertz CT molecular complexity index is 467. The number of nitro benzene ring substituents is 1. The van der Waals surface area contributed by atoms with E-state index in [1.165, 1.54) is 31.4 Å². The molecule has 90 valence electrons. The first-order valence-electron chi connectivity index (χ1n) is 4.76. The number of hydrogen-bond donors (Lipinski definition) is 1. The molecule has 0 heterocycles. The minimum absolute atomic E-state index is 0.119. The third-order valence-electron chi connectivity index (χ3n) is 2.04. The molecule has 6 nitrogen and oxygen atoms in total. The van der Waals surface area contributed by atoms with Crippen LogP contribution in [-0.2, 0) is 4.79 Å². The Balaban J connectivity index is 3.13. The molecule has 0 atom stereocenters. The van der Waals surface area contributed by atoms with Crippen LogP contribution in [0.5, 0.6) is 5.75 Å². The lowest BCUT2D eigenvalue weighted by Crippen LogP contribution is -1.95. The molecule has 0 aliphatic heterocycles. The Morgan fingerprint density at radius 2 is 2.29 bits per heavy atom. The van der Waals surface area contributed by atoms with Crippen molar-refractivity contribution in [1.82, 2.24) is 0 Å². The van der Waals surface area contributed by atoms with Gasteiger partial charge in [0.1, 0.15) is 5.75 Å². The maximum absolute atomic E-state index is 10.8. The minimum Gasteiger partial charge on any atom is -0.496 e. The van der Waals surface area contributed by atoms with Crippen LogP contribution in [0.2, 0.25) is 0 Å². The van der Waals surface area contributed by atoms with Crippen LogP contribution in [0, 0.1) is 10.1 Å². The number of rotatable bonds is 5. The van der Waals surface area contributed by atoms with Crippen molar-refractivity contribution in [3.8, 4) is 5.75 Å². The molecule has 6 heteroatoms. The van der Waals surface area contributed by atoms with E-state index in [1.54, 1.807) is 6.07 Å². The standard InChI is InChI=1S/C11H11NO5/c1-17-10-6-3-5-9(12(15)16)8(10)4-2-7-11(13)14/h2-6H,7H2,1H3,(H,13,14). The van der Waals surface area contributed by atoms with Gasteiger partial charge in [0.15, 0.2) is 0 Å². The number of methoxy groups -OCH3 is 1. The molecule has 1 aromatic carbocycles. The van der Waals surface area contributed by atoms with Gasteiger partial charge in [-0.1, -0.05) is 12.1 Å². The zero-order valence-corrected chi connectivity index (χ0v) is 9.12. The normalized spacial score (nSPS) is 10.4. The molecule has 1 rings (SSSR count). The first-order valence-corrected chi connectivity index (χ1v) is 4.76. The maximum Gasteiger partial charge on any atom is 0.307 e. The van der Waals surface area contributed by atoms with Gasteiger partial charge >= 0.3 is 5.97 Å². The fourth-order valence-corrected chi connectivity index (χ4v) is 1.31. The second-order valence-corrected chi connectivity index (χ2v) is 3.15. The average Bonchev–Trinajstić information content (AvgIpc) is 2.28. The largest absolute Gasteiger partial charge is 0.496 e. The number of benzene rings is 1. The molecule has 17 heavy (non-hydrogen) atoms. The van der Waals surface area contributed by atoms with E-state index in [2.05, 4.69) is 0 Å². The summed E-state index contributed by atoms with van der Waals surface area (Å²) in [5.74, 6) is -0.667. The summed E-state index contributed by atoms with van der Waals surface area (Å²) in [7, 11) is 1.40. The first kappa shape index (κ1) is 12.7. The molecule has 0 bridgehead atoms. The molecule has 0 spiro atoms. The van der Waals surface area contributed by atoms with E-state index in [-0.39, 0.29) is 17.7 Å². The smallest absolute Gasteiger partial charge is 0.307 e. The van der Waals surface area contributed by atoms with E-state index >= 15 is 0 Å². The Labute approximate surface area is 97.3 Å². The van der Waals surface area contributed by atoms with Gasteiger partial charge in [0.05, 0.1) is 24.0 Å². The van der Waals surface area contributed by atoms with Gasteiger partial charge in [-0.3, -0.25) is 14.9 Å². The van der Waals surface area contributed by atoms with Crippen molar-refractivity contribution in [2.75, 3.05) is 7.11 Å². The number of carboxylic acid groups (broad SMARTS) is 1. The third-order valence-corrected chi connectivity index (χ3v) is 2.04. The van der Waals surface area contributed by atoms with E-state index in [9.17, 15) is 14.9 Å². The first-order chi connectivity index (χ1) is 8.06. The molecule has 0 fully saturated rings. The topological polar surface area (TPSA) is 89.7 Å². The van der Waals surface area contributed by atoms with Crippen molar-refractivity contribution >= 4 is 17.7 Å². The molecule has 0 aromatic heterocycles. The van der Waals surface area contributed by atoms with Gasteiger partial charge in [-0.25, -0.2) is 0 Å². The van der Waals surface area contributed by atoms with Crippen molar-refractivity contribution in [2.24, 2.45) is 0 Å². The predicted molar refractivity (Wildman–Crippen MR) is 60.9 cm³/mol. The van der Waals surface area contributed by atoms with Gasteiger partial charge in [0, 0.05) is 6.07 Å². The van der Waals surface area contributed by atoms with Gasteiger partial charge in [-0.2, -0.15) is 0 Å². The SMILES string of the molecule is COc1cccc([N+](=O)[O-])c1C=CCC(=O)O.